The molecule has 1 aromatic carbocycles. The number of carbonyl (C=O) groups is 1. The zero-order valence-electron chi connectivity index (χ0n) is 11.6. The number of amides is 1. The van der Waals surface area contributed by atoms with Gasteiger partial charge in [-0.25, -0.2) is 0 Å². The summed E-state index contributed by atoms with van der Waals surface area (Å²) in [4.78, 5) is 16.1. The molecule has 0 unspecified atom stereocenters. The van der Waals surface area contributed by atoms with Crippen molar-refractivity contribution in [1.29, 1.82) is 0 Å². The summed E-state index contributed by atoms with van der Waals surface area (Å²) in [5.74, 6) is 0.608. The molecule has 0 aromatic heterocycles. The highest BCUT2D eigenvalue weighted by atomic mass is 16.5. The van der Waals surface area contributed by atoms with E-state index in [2.05, 4.69) is 11.9 Å². The van der Waals surface area contributed by atoms with E-state index < -0.39 is 0 Å². The molecule has 1 aromatic rings. The monoisotopic (exact) mass is 263 g/mol. The van der Waals surface area contributed by atoms with Gasteiger partial charge in [0.15, 0.2) is 6.61 Å². The number of likely N-dealkylation sites (N-methyl/N-ethyl adjacent to an activating group) is 1. The Morgan fingerprint density at radius 2 is 2.00 bits per heavy atom. The summed E-state index contributed by atoms with van der Waals surface area (Å²) in [6, 6.07) is 5.57. The highest BCUT2D eigenvalue weighted by molar-refractivity contribution is 5.78. The maximum atomic E-state index is 12.0. The molecular formula is C14H21N3O2. The number of nitrogens with zero attached hydrogens (tertiary/aromatic N) is 2. The largest absolute Gasteiger partial charge is 0.482 e. The average Bonchev–Trinajstić information content (AvgIpc) is 2.40. The first-order chi connectivity index (χ1) is 9.06. The molecule has 1 saturated heterocycles. The van der Waals surface area contributed by atoms with Crippen LogP contribution in [0.2, 0.25) is 0 Å². The number of benzene rings is 1. The number of anilines is 1. The molecule has 5 heteroatoms. The van der Waals surface area contributed by atoms with Gasteiger partial charge >= 0.3 is 0 Å². The molecule has 1 heterocycles. The van der Waals surface area contributed by atoms with Crippen LogP contribution in [0.15, 0.2) is 18.2 Å². The molecule has 0 bridgehead atoms. The summed E-state index contributed by atoms with van der Waals surface area (Å²) in [6.45, 7) is 5.38. The van der Waals surface area contributed by atoms with Crippen LogP contribution in [0.5, 0.6) is 5.75 Å². The first-order valence-corrected chi connectivity index (χ1v) is 6.51. The van der Waals surface area contributed by atoms with E-state index in [1.165, 1.54) is 0 Å². The number of rotatable bonds is 3. The minimum Gasteiger partial charge on any atom is -0.482 e. The Kier molecular flexibility index (Phi) is 4.27. The third-order valence-electron chi connectivity index (χ3n) is 3.38. The van der Waals surface area contributed by atoms with Gasteiger partial charge in [0.1, 0.15) is 5.75 Å². The van der Waals surface area contributed by atoms with Crippen molar-refractivity contribution >= 4 is 11.6 Å². The van der Waals surface area contributed by atoms with Gasteiger partial charge in [0.05, 0.1) is 5.69 Å². The number of nitrogens with two attached hydrogens (primary N) is 1. The average molecular weight is 263 g/mol. The summed E-state index contributed by atoms with van der Waals surface area (Å²) in [5, 5.41) is 0. The Bertz CT molecular complexity index is 454. The lowest BCUT2D eigenvalue weighted by Gasteiger charge is -2.32. The van der Waals surface area contributed by atoms with Crippen LogP contribution in [-0.2, 0) is 4.79 Å². The molecule has 1 aliphatic rings. The van der Waals surface area contributed by atoms with Crippen LogP contribution in [0, 0.1) is 6.92 Å². The van der Waals surface area contributed by atoms with Crippen molar-refractivity contribution < 1.29 is 9.53 Å². The maximum absolute atomic E-state index is 12.0. The highest BCUT2D eigenvalue weighted by Crippen LogP contribution is 2.22. The van der Waals surface area contributed by atoms with E-state index in [9.17, 15) is 4.79 Å². The first-order valence-electron chi connectivity index (χ1n) is 6.51. The van der Waals surface area contributed by atoms with Crippen LogP contribution in [0.4, 0.5) is 5.69 Å². The molecule has 1 aliphatic heterocycles. The molecule has 0 radical (unpaired) electrons. The van der Waals surface area contributed by atoms with Crippen molar-refractivity contribution in [3.05, 3.63) is 23.8 Å². The standard InChI is InChI=1S/C14H21N3O2/c1-11-3-4-12(15)13(9-11)19-10-14(18)17-7-5-16(2)6-8-17/h3-4,9H,5-8,10,15H2,1-2H3. The third-order valence-corrected chi connectivity index (χ3v) is 3.38. The van der Waals surface area contributed by atoms with Crippen LogP contribution in [0.25, 0.3) is 0 Å². The van der Waals surface area contributed by atoms with Crippen molar-refractivity contribution in [2.24, 2.45) is 0 Å². The van der Waals surface area contributed by atoms with E-state index >= 15 is 0 Å². The van der Waals surface area contributed by atoms with E-state index in [1.54, 1.807) is 6.07 Å². The predicted molar refractivity (Wildman–Crippen MR) is 75.2 cm³/mol. The van der Waals surface area contributed by atoms with Gasteiger partial charge in [-0.3, -0.25) is 4.79 Å². The van der Waals surface area contributed by atoms with E-state index in [4.69, 9.17) is 10.5 Å². The topological polar surface area (TPSA) is 58.8 Å². The molecule has 0 atom stereocenters. The van der Waals surface area contributed by atoms with Gasteiger partial charge in [0.2, 0.25) is 0 Å². The second-order valence-electron chi connectivity index (χ2n) is 5.01. The number of nitrogen functional groups attached to an aromatic ring is 1. The Morgan fingerprint density at radius 3 is 2.68 bits per heavy atom. The number of aryl methyl sites for hydroxylation is 1. The molecule has 0 saturated carbocycles. The van der Waals surface area contributed by atoms with Crippen LogP contribution in [-0.4, -0.2) is 55.5 Å². The SMILES string of the molecule is Cc1ccc(N)c(OCC(=O)N2CCN(C)CC2)c1. The second-order valence-corrected chi connectivity index (χ2v) is 5.01. The number of hydrogen-bond donors (Lipinski definition) is 1. The van der Waals surface area contributed by atoms with E-state index in [1.807, 2.05) is 24.0 Å². The van der Waals surface area contributed by atoms with Gasteiger partial charge in [0.25, 0.3) is 5.91 Å². The second kappa shape index (κ2) is 5.93. The maximum Gasteiger partial charge on any atom is 0.260 e. The summed E-state index contributed by atoms with van der Waals surface area (Å²) in [5.41, 5.74) is 7.45. The Hall–Kier alpha value is -1.75. The van der Waals surface area contributed by atoms with E-state index in [-0.39, 0.29) is 12.5 Å². The Balaban J connectivity index is 1.88. The Morgan fingerprint density at radius 1 is 1.32 bits per heavy atom. The lowest BCUT2D eigenvalue weighted by Crippen LogP contribution is -2.48. The van der Waals surface area contributed by atoms with Gasteiger partial charge < -0.3 is 20.3 Å². The molecule has 1 fully saturated rings. The number of ether oxygens (including phenoxy) is 1. The third kappa shape index (κ3) is 3.61. The summed E-state index contributed by atoms with van der Waals surface area (Å²) < 4.78 is 5.53. The molecule has 19 heavy (non-hydrogen) atoms. The summed E-state index contributed by atoms with van der Waals surface area (Å²) >= 11 is 0. The van der Waals surface area contributed by atoms with E-state index in [0.717, 1.165) is 31.7 Å². The molecule has 2 rings (SSSR count). The van der Waals surface area contributed by atoms with Crippen LogP contribution in [0.3, 0.4) is 0 Å². The van der Waals surface area contributed by atoms with Crippen molar-refractivity contribution in [3.63, 3.8) is 0 Å². The fraction of sp³-hybridized carbons (Fsp3) is 0.500. The Labute approximate surface area is 113 Å². The quantitative estimate of drug-likeness (QED) is 0.817. The summed E-state index contributed by atoms with van der Waals surface area (Å²) in [7, 11) is 2.06. The molecular weight excluding hydrogens is 242 g/mol. The lowest BCUT2D eigenvalue weighted by molar-refractivity contribution is -0.134. The van der Waals surface area contributed by atoms with Crippen molar-refractivity contribution in [3.8, 4) is 5.75 Å². The van der Waals surface area contributed by atoms with Crippen molar-refractivity contribution in [2.75, 3.05) is 45.6 Å². The van der Waals surface area contributed by atoms with Gasteiger partial charge in [-0.1, -0.05) is 6.07 Å². The molecule has 5 nitrogen and oxygen atoms in total. The number of carbonyl (C=O) groups excluding carboxylic acids is 1. The minimum atomic E-state index is 0.0222. The van der Waals surface area contributed by atoms with Crippen molar-refractivity contribution in [1.82, 2.24) is 9.80 Å². The number of piperazine rings is 1. The van der Waals surface area contributed by atoms with Crippen LogP contribution in [0.1, 0.15) is 5.56 Å². The highest BCUT2D eigenvalue weighted by Gasteiger charge is 2.19. The van der Waals surface area contributed by atoms with Gasteiger partial charge in [-0.05, 0) is 31.7 Å². The predicted octanol–water partition coefficient (Wildman–Crippen LogP) is 0.730. The van der Waals surface area contributed by atoms with Crippen molar-refractivity contribution in [2.45, 2.75) is 6.92 Å². The smallest absolute Gasteiger partial charge is 0.260 e. The lowest BCUT2D eigenvalue weighted by atomic mass is 10.2. The van der Waals surface area contributed by atoms with Gasteiger partial charge in [-0.15, -0.1) is 0 Å². The number of hydrogen-bond acceptors (Lipinski definition) is 4. The van der Waals surface area contributed by atoms with E-state index in [0.29, 0.717) is 11.4 Å². The minimum absolute atomic E-state index is 0.0222. The molecule has 1 amide bonds. The molecule has 0 spiro atoms. The fourth-order valence-electron chi connectivity index (χ4n) is 2.05. The molecule has 2 N–H and O–H groups in total. The van der Waals surface area contributed by atoms with Gasteiger partial charge in [0, 0.05) is 26.2 Å². The molecule has 104 valence electrons. The van der Waals surface area contributed by atoms with Crippen LogP contribution >= 0.6 is 0 Å². The normalized spacial score (nSPS) is 16.4. The fourth-order valence-corrected chi connectivity index (χ4v) is 2.05. The first kappa shape index (κ1) is 13.7. The van der Waals surface area contributed by atoms with Gasteiger partial charge in [-0.2, -0.15) is 0 Å². The van der Waals surface area contributed by atoms with Crippen LogP contribution < -0.4 is 10.5 Å². The zero-order chi connectivity index (χ0) is 13.8. The molecule has 0 aliphatic carbocycles. The summed E-state index contributed by atoms with van der Waals surface area (Å²) in [6.07, 6.45) is 0. The zero-order valence-corrected chi connectivity index (χ0v) is 11.6.